The highest BCUT2D eigenvalue weighted by atomic mass is 16.4. The molecule has 0 aromatic carbocycles. The second kappa shape index (κ2) is 6.48. The zero-order valence-electron chi connectivity index (χ0n) is 9.74. The summed E-state index contributed by atoms with van der Waals surface area (Å²) in [5.74, 6) is 0. The van der Waals surface area contributed by atoms with Gasteiger partial charge in [0.15, 0.2) is 0 Å². The molecule has 6 nitrogen and oxygen atoms in total. The molecule has 0 aliphatic carbocycles. The van der Waals surface area contributed by atoms with Gasteiger partial charge in [0, 0.05) is 5.54 Å². The molecule has 0 saturated heterocycles. The minimum Gasteiger partial charge on any atom is -0.394 e. The molecule has 0 aromatic heterocycles. The van der Waals surface area contributed by atoms with Gasteiger partial charge < -0.3 is 31.3 Å². The lowest BCUT2D eigenvalue weighted by molar-refractivity contribution is -0.119. The first-order valence-electron chi connectivity index (χ1n) is 5.37. The number of hydrogen-bond donors (Lipinski definition) is 6. The highest BCUT2D eigenvalue weighted by molar-refractivity contribution is 4.87. The Labute approximate surface area is 95.3 Å². The van der Waals surface area contributed by atoms with E-state index in [0.717, 1.165) is 0 Å². The maximum absolute atomic E-state index is 9.62. The van der Waals surface area contributed by atoms with Crippen molar-refractivity contribution >= 4 is 0 Å². The smallest absolute Gasteiger partial charge is 0.110 e. The Hall–Kier alpha value is -0.240. The second-order valence-corrected chi connectivity index (χ2v) is 4.51. The number of aliphatic hydroxyl groups is 5. The van der Waals surface area contributed by atoms with Gasteiger partial charge in [0.25, 0.3) is 0 Å². The molecule has 0 rings (SSSR count). The van der Waals surface area contributed by atoms with Crippen molar-refractivity contribution in [3.8, 4) is 0 Å². The first kappa shape index (κ1) is 15.8. The molecule has 0 fully saturated rings. The number of hydrogen-bond acceptors (Lipinski definition) is 6. The summed E-state index contributed by atoms with van der Waals surface area (Å²) in [6, 6.07) is 0. The van der Waals surface area contributed by atoms with Crippen LogP contribution in [0.15, 0.2) is 0 Å². The van der Waals surface area contributed by atoms with Crippen LogP contribution in [0.2, 0.25) is 0 Å². The molecule has 0 aliphatic heterocycles. The van der Waals surface area contributed by atoms with E-state index in [0.29, 0.717) is 6.42 Å². The second-order valence-electron chi connectivity index (χ2n) is 4.51. The first-order chi connectivity index (χ1) is 7.25. The normalized spacial score (nSPS) is 23.2. The highest BCUT2D eigenvalue weighted by Gasteiger charge is 2.33. The van der Waals surface area contributed by atoms with Crippen LogP contribution in [0.3, 0.4) is 0 Å². The molecule has 0 aromatic rings. The summed E-state index contributed by atoms with van der Waals surface area (Å²) >= 11 is 0. The Morgan fingerprint density at radius 1 is 1.06 bits per heavy atom. The van der Waals surface area contributed by atoms with E-state index in [2.05, 4.69) is 0 Å². The van der Waals surface area contributed by atoms with E-state index in [9.17, 15) is 15.3 Å². The Bertz CT molecular complexity index is 200. The van der Waals surface area contributed by atoms with Crippen molar-refractivity contribution in [2.45, 2.75) is 56.6 Å². The molecule has 0 spiro atoms. The van der Waals surface area contributed by atoms with E-state index < -0.39 is 36.6 Å². The largest absolute Gasteiger partial charge is 0.394 e. The van der Waals surface area contributed by atoms with Gasteiger partial charge in [0.2, 0.25) is 0 Å². The third-order valence-corrected chi connectivity index (χ3v) is 2.81. The van der Waals surface area contributed by atoms with Crippen LogP contribution in [0.5, 0.6) is 0 Å². The summed E-state index contributed by atoms with van der Waals surface area (Å²) in [6.45, 7) is 2.88. The molecule has 16 heavy (non-hydrogen) atoms. The topological polar surface area (TPSA) is 127 Å². The van der Waals surface area contributed by atoms with Gasteiger partial charge in [-0.3, -0.25) is 0 Å². The number of nitrogens with two attached hydrogens (primary N) is 1. The van der Waals surface area contributed by atoms with Crippen LogP contribution < -0.4 is 5.73 Å². The van der Waals surface area contributed by atoms with Crippen molar-refractivity contribution in [2.24, 2.45) is 5.73 Å². The molecule has 5 atom stereocenters. The fraction of sp³-hybridized carbons (Fsp3) is 1.00. The zero-order valence-corrected chi connectivity index (χ0v) is 9.74. The molecular weight excluding hydrogens is 214 g/mol. The Morgan fingerprint density at radius 3 is 1.88 bits per heavy atom. The average Bonchev–Trinajstić information content (AvgIpc) is 2.25. The van der Waals surface area contributed by atoms with E-state index >= 15 is 0 Å². The fourth-order valence-electron chi connectivity index (χ4n) is 1.31. The van der Waals surface area contributed by atoms with Gasteiger partial charge in [-0.25, -0.2) is 0 Å². The Kier molecular flexibility index (Phi) is 6.39. The van der Waals surface area contributed by atoms with Crippen LogP contribution in [0.4, 0.5) is 0 Å². The van der Waals surface area contributed by atoms with Crippen LogP contribution in [0, 0.1) is 0 Å². The molecular formula is C10H23NO5. The van der Waals surface area contributed by atoms with Gasteiger partial charge in [-0.05, 0) is 19.8 Å². The van der Waals surface area contributed by atoms with E-state index in [4.69, 9.17) is 15.9 Å². The SMILES string of the molecule is CCC(C)(N)CC(O)C(O)C(O)C(O)CO. The van der Waals surface area contributed by atoms with Gasteiger partial charge >= 0.3 is 0 Å². The van der Waals surface area contributed by atoms with E-state index in [1.165, 1.54) is 0 Å². The minimum atomic E-state index is -1.59. The van der Waals surface area contributed by atoms with Crippen molar-refractivity contribution < 1.29 is 25.5 Å². The van der Waals surface area contributed by atoms with Crippen LogP contribution in [0.1, 0.15) is 26.7 Å². The molecule has 0 bridgehead atoms. The average molecular weight is 237 g/mol. The summed E-state index contributed by atoms with van der Waals surface area (Å²) in [5, 5.41) is 46.2. The maximum Gasteiger partial charge on any atom is 0.110 e. The van der Waals surface area contributed by atoms with Gasteiger partial charge in [-0.1, -0.05) is 6.92 Å². The fourth-order valence-corrected chi connectivity index (χ4v) is 1.31. The van der Waals surface area contributed by atoms with Crippen LogP contribution in [-0.2, 0) is 0 Å². The summed E-state index contributed by atoms with van der Waals surface area (Å²) in [7, 11) is 0. The molecule has 5 unspecified atom stereocenters. The van der Waals surface area contributed by atoms with Gasteiger partial charge in [0.05, 0.1) is 12.7 Å². The van der Waals surface area contributed by atoms with Crippen molar-refractivity contribution in [1.82, 2.24) is 0 Å². The van der Waals surface area contributed by atoms with Gasteiger partial charge in [-0.15, -0.1) is 0 Å². The molecule has 0 radical (unpaired) electrons. The maximum atomic E-state index is 9.62. The van der Waals surface area contributed by atoms with Crippen molar-refractivity contribution in [2.75, 3.05) is 6.61 Å². The van der Waals surface area contributed by atoms with Gasteiger partial charge in [0.1, 0.15) is 18.3 Å². The summed E-state index contributed by atoms with van der Waals surface area (Å²) < 4.78 is 0. The van der Waals surface area contributed by atoms with E-state index in [-0.39, 0.29) is 6.42 Å². The van der Waals surface area contributed by atoms with Crippen LogP contribution in [0.25, 0.3) is 0 Å². The lowest BCUT2D eigenvalue weighted by Gasteiger charge is -2.31. The third-order valence-electron chi connectivity index (χ3n) is 2.81. The third kappa shape index (κ3) is 4.73. The molecule has 0 saturated carbocycles. The molecule has 6 heteroatoms. The number of aliphatic hydroxyl groups excluding tert-OH is 5. The van der Waals surface area contributed by atoms with Crippen LogP contribution >= 0.6 is 0 Å². The standard InChI is InChI=1S/C10H23NO5/c1-3-10(2,11)4-6(13)8(15)9(16)7(14)5-12/h6-9,12-16H,3-5,11H2,1-2H3. The molecule has 0 heterocycles. The molecule has 0 amide bonds. The van der Waals surface area contributed by atoms with Crippen molar-refractivity contribution in [3.05, 3.63) is 0 Å². The predicted octanol–water partition coefficient (Wildman–Crippen LogP) is -2.06. The number of rotatable bonds is 7. The summed E-state index contributed by atoms with van der Waals surface area (Å²) in [4.78, 5) is 0. The lowest BCUT2D eigenvalue weighted by atomic mass is 9.88. The van der Waals surface area contributed by atoms with E-state index in [1.54, 1.807) is 6.92 Å². The molecule has 0 aliphatic rings. The zero-order chi connectivity index (χ0) is 12.9. The van der Waals surface area contributed by atoms with Crippen molar-refractivity contribution in [1.29, 1.82) is 0 Å². The first-order valence-corrected chi connectivity index (χ1v) is 5.37. The van der Waals surface area contributed by atoms with Crippen LogP contribution in [-0.4, -0.2) is 62.1 Å². The van der Waals surface area contributed by atoms with E-state index in [1.807, 2.05) is 6.92 Å². The molecule has 98 valence electrons. The minimum absolute atomic E-state index is 0.0971. The van der Waals surface area contributed by atoms with Crippen molar-refractivity contribution in [3.63, 3.8) is 0 Å². The predicted molar refractivity (Wildman–Crippen MR) is 58.6 cm³/mol. The lowest BCUT2D eigenvalue weighted by Crippen LogP contribution is -2.49. The molecule has 7 N–H and O–H groups in total. The van der Waals surface area contributed by atoms with Gasteiger partial charge in [-0.2, -0.15) is 0 Å². The summed E-state index contributed by atoms with van der Waals surface area (Å²) in [5.41, 5.74) is 5.15. The quantitative estimate of drug-likeness (QED) is 0.302. The Balaban J connectivity index is 4.33. The monoisotopic (exact) mass is 237 g/mol. The highest BCUT2D eigenvalue weighted by Crippen LogP contribution is 2.17. The summed E-state index contributed by atoms with van der Waals surface area (Å²) in [6.07, 6.45) is -5.14. The Morgan fingerprint density at radius 2 is 1.50 bits per heavy atom.